The molecular weight excluding hydrogens is 728 g/mol. The van der Waals surface area contributed by atoms with Crippen LogP contribution in [0.2, 0.25) is 0 Å². The molecule has 1 heterocycles. The summed E-state index contributed by atoms with van der Waals surface area (Å²) < 4.78 is 138. The maximum atomic E-state index is 14.7. The highest BCUT2D eigenvalue weighted by molar-refractivity contribution is 5.84. The van der Waals surface area contributed by atoms with E-state index in [1.54, 1.807) is 19.9 Å². The number of alkyl halides is 8. The van der Waals surface area contributed by atoms with Gasteiger partial charge in [-0.1, -0.05) is 66.5 Å². The van der Waals surface area contributed by atoms with Gasteiger partial charge in [0.1, 0.15) is 17.1 Å². The maximum absolute atomic E-state index is 14.7. The summed E-state index contributed by atoms with van der Waals surface area (Å²) in [4.78, 5) is 25.7. The van der Waals surface area contributed by atoms with Crippen molar-refractivity contribution in [3.63, 3.8) is 0 Å². The number of carbonyl (C=O) groups is 1. The van der Waals surface area contributed by atoms with Crippen molar-refractivity contribution in [3.05, 3.63) is 58.4 Å². The fraction of sp³-hybridized carbons (Fsp3) is 0.600. The lowest BCUT2D eigenvalue weighted by atomic mass is 9.69. The molecule has 1 unspecified atom stereocenters. The number of aryl methyl sites for hydroxylation is 1. The molecule has 54 heavy (non-hydrogen) atoms. The largest absolute Gasteiger partial charge is 0.496 e. The number of ether oxygens (including phenoxy) is 3. The van der Waals surface area contributed by atoms with Gasteiger partial charge in [0.15, 0.2) is 0 Å². The van der Waals surface area contributed by atoms with E-state index in [1.165, 1.54) is 32.2 Å². The summed E-state index contributed by atoms with van der Waals surface area (Å²) in [5, 5.41) is 0.374. The lowest BCUT2D eigenvalue weighted by Gasteiger charge is -2.38. The second-order valence-corrected chi connectivity index (χ2v) is 15.5. The third-order valence-corrected chi connectivity index (χ3v) is 9.62. The first-order chi connectivity index (χ1) is 24.8. The standard InChI is InChI=1S/C40H50F8O6/c1-9-10-11-12-26-13-16-29(32(21-26)51-8)30-22-27-14-15-28(23-31(27)54-33(30)49)52-19-17-37(41,42)39(45,46)40(47,48)38(43,44)18-20-53-34(50)36(7,25(2)3)24-35(4,5)6/h13-16,21-23,25H,9-12,17-20,24H2,1-8H3. The number of halogens is 8. The molecule has 1 atom stereocenters. The van der Waals surface area contributed by atoms with Crippen LogP contribution >= 0.6 is 0 Å². The first-order valence-corrected chi connectivity index (χ1v) is 17.9. The number of carbonyl (C=O) groups excluding carboxylic acids is 1. The monoisotopic (exact) mass is 778 g/mol. The molecular formula is C40H50F8O6. The molecule has 302 valence electrons. The number of esters is 1. The molecule has 0 fully saturated rings. The van der Waals surface area contributed by atoms with E-state index in [9.17, 15) is 44.7 Å². The third-order valence-electron chi connectivity index (χ3n) is 9.62. The molecule has 0 spiro atoms. The molecule has 0 radical (unpaired) electrons. The van der Waals surface area contributed by atoms with E-state index in [1.807, 2.05) is 32.9 Å². The van der Waals surface area contributed by atoms with Gasteiger partial charge in [-0.3, -0.25) is 4.79 Å². The van der Waals surface area contributed by atoms with Crippen LogP contribution in [-0.2, 0) is 16.0 Å². The van der Waals surface area contributed by atoms with Crippen LogP contribution in [-0.4, -0.2) is 50.0 Å². The lowest BCUT2D eigenvalue weighted by molar-refractivity contribution is -0.369. The Labute approximate surface area is 310 Å². The van der Waals surface area contributed by atoms with Crippen molar-refractivity contribution < 1.29 is 58.5 Å². The van der Waals surface area contributed by atoms with E-state index in [4.69, 9.17) is 18.6 Å². The van der Waals surface area contributed by atoms with E-state index >= 15 is 0 Å². The number of methoxy groups -OCH3 is 1. The van der Waals surface area contributed by atoms with E-state index in [2.05, 4.69) is 6.92 Å². The van der Waals surface area contributed by atoms with Crippen molar-refractivity contribution in [1.82, 2.24) is 0 Å². The summed E-state index contributed by atoms with van der Waals surface area (Å²) in [7, 11) is 1.46. The van der Waals surface area contributed by atoms with Crippen LogP contribution in [0, 0.1) is 16.7 Å². The maximum Gasteiger partial charge on any atom is 0.378 e. The Morgan fingerprint density at radius 2 is 1.41 bits per heavy atom. The number of unbranched alkanes of at least 4 members (excludes halogenated alkanes) is 2. The topological polar surface area (TPSA) is 75.0 Å². The van der Waals surface area contributed by atoms with E-state index in [0.29, 0.717) is 16.7 Å². The van der Waals surface area contributed by atoms with Crippen molar-refractivity contribution in [1.29, 1.82) is 0 Å². The van der Waals surface area contributed by atoms with Gasteiger partial charge in [0.2, 0.25) is 0 Å². The molecule has 0 amide bonds. The Morgan fingerprint density at radius 1 is 0.796 bits per heavy atom. The second kappa shape index (κ2) is 16.9. The zero-order chi connectivity index (χ0) is 40.9. The van der Waals surface area contributed by atoms with Gasteiger partial charge >= 0.3 is 35.3 Å². The summed E-state index contributed by atoms with van der Waals surface area (Å²) in [5.74, 6) is -25.6. The van der Waals surface area contributed by atoms with Crippen molar-refractivity contribution >= 4 is 16.9 Å². The SMILES string of the molecule is CCCCCc1ccc(-c2cc3ccc(OCCC(F)(F)C(F)(F)C(F)(F)C(F)(F)CCOC(=O)C(C)(CC(C)(C)C)C(C)C)cc3oc2=O)c(OC)c1. The summed E-state index contributed by atoms with van der Waals surface area (Å²) in [6, 6.07) is 10.7. The Morgan fingerprint density at radius 3 is 1.96 bits per heavy atom. The Balaban J connectivity index is 1.70. The van der Waals surface area contributed by atoms with Crippen molar-refractivity contribution in [2.75, 3.05) is 20.3 Å². The molecule has 1 aromatic heterocycles. The second-order valence-electron chi connectivity index (χ2n) is 15.5. The highest BCUT2D eigenvalue weighted by atomic mass is 19.4. The van der Waals surface area contributed by atoms with Gasteiger partial charge in [-0.2, -0.15) is 35.1 Å². The van der Waals surface area contributed by atoms with Crippen LogP contribution in [0.15, 0.2) is 51.7 Å². The minimum atomic E-state index is -6.54. The van der Waals surface area contributed by atoms with Gasteiger partial charge < -0.3 is 18.6 Å². The molecule has 0 saturated carbocycles. The van der Waals surface area contributed by atoms with Crippen LogP contribution in [0.5, 0.6) is 11.5 Å². The number of hydrogen-bond donors (Lipinski definition) is 0. The average molecular weight is 779 g/mol. The molecule has 0 bridgehead atoms. The Bertz CT molecular complexity index is 1800. The lowest BCUT2D eigenvalue weighted by Crippen LogP contribution is -2.62. The minimum absolute atomic E-state index is 0.0625. The highest BCUT2D eigenvalue weighted by Crippen LogP contribution is 2.54. The first-order valence-electron chi connectivity index (χ1n) is 17.9. The predicted octanol–water partition coefficient (Wildman–Crippen LogP) is 11.5. The van der Waals surface area contributed by atoms with Crippen LogP contribution < -0.4 is 15.1 Å². The predicted molar refractivity (Wildman–Crippen MR) is 190 cm³/mol. The van der Waals surface area contributed by atoms with Gasteiger partial charge in [-0.15, -0.1) is 0 Å². The smallest absolute Gasteiger partial charge is 0.378 e. The summed E-state index contributed by atoms with van der Waals surface area (Å²) in [5.41, 5.74) is -0.829. The Hall–Kier alpha value is -3.84. The zero-order valence-corrected chi connectivity index (χ0v) is 32.0. The summed E-state index contributed by atoms with van der Waals surface area (Å²) >= 11 is 0. The van der Waals surface area contributed by atoms with Crippen LogP contribution in [0.25, 0.3) is 22.1 Å². The number of rotatable bonds is 19. The summed E-state index contributed by atoms with van der Waals surface area (Å²) in [6.07, 6.45) is -0.0381. The third kappa shape index (κ3) is 9.87. The van der Waals surface area contributed by atoms with Crippen molar-refractivity contribution in [2.45, 2.75) is 117 Å². The molecule has 14 heteroatoms. The van der Waals surface area contributed by atoms with E-state index in [-0.39, 0.29) is 29.2 Å². The highest BCUT2D eigenvalue weighted by Gasteiger charge is 2.79. The van der Waals surface area contributed by atoms with Gasteiger partial charge in [0.05, 0.1) is 44.1 Å². The fourth-order valence-corrected chi connectivity index (χ4v) is 6.18. The van der Waals surface area contributed by atoms with E-state index < -0.39 is 72.2 Å². The molecule has 2 aromatic carbocycles. The summed E-state index contributed by atoms with van der Waals surface area (Å²) in [6.45, 7) is 9.68. The van der Waals surface area contributed by atoms with E-state index in [0.717, 1.165) is 37.3 Å². The fourth-order valence-electron chi connectivity index (χ4n) is 6.18. The molecule has 3 aromatic rings. The van der Waals surface area contributed by atoms with Crippen molar-refractivity contribution in [2.24, 2.45) is 16.7 Å². The number of benzene rings is 2. The number of fused-ring (bicyclic) bond motifs is 1. The molecule has 0 N–H and O–H groups in total. The quantitative estimate of drug-likeness (QED) is 0.0522. The van der Waals surface area contributed by atoms with Gasteiger partial charge in [-0.05, 0) is 67.3 Å². The van der Waals surface area contributed by atoms with Crippen LogP contribution in [0.3, 0.4) is 0 Å². The molecule has 0 aliphatic carbocycles. The van der Waals surface area contributed by atoms with Crippen LogP contribution in [0.4, 0.5) is 35.1 Å². The minimum Gasteiger partial charge on any atom is -0.496 e. The normalized spacial score (nSPS) is 14.3. The molecule has 0 saturated heterocycles. The van der Waals surface area contributed by atoms with Gasteiger partial charge in [0.25, 0.3) is 0 Å². The average Bonchev–Trinajstić information content (AvgIpc) is 3.06. The molecule has 0 aliphatic heterocycles. The molecule has 0 aliphatic rings. The zero-order valence-electron chi connectivity index (χ0n) is 32.0. The molecule has 6 nitrogen and oxygen atoms in total. The van der Waals surface area contributed by atoms with Gasteiger partial charge in [-0.25, -0.2) is 4.79 Å². The first kappa shape index (κ1) is 44.6. The number of hydrogen-bond acceptors (Lipinski definition) is 6. The van der Waals surface area contributed by atoms with Gasteiger partial charge in [0, 0.05) is 17.0 Å². The van der Waals surface area contributed by atoms with Crippen molar-refractivity contribution in [3.8, 4) is 22.6 Å². The Kier molecular flexibility index (Phi) is 13.9. The molecule has 3 rings (SSSR count). The van der Waals surface area contributed by atoms with Crippen LogP contribution in [0.1, 0.15) is 92.6 Å².